The number of carbonyl (C=O) groups is 1. The number of hydrogen-bond acceptors (Lipinski definition) is 4. The Hall–Kier alpha value is -2.94. The van der Waals surface area contributed by atoms with E-state index in [4.69, 9.17) is 0 Å². The largest absolute Gasteiger partial charge is 0.332 e. The lowest BCUT2D eigenvalue weighted by molar-refractivity contribution is 0.102. The summed E-state index contributed by atoms with van der Waals surface area (Å²) in [7, 11) is 1.49. The van der Waals surface area contributed by atoms with Crippen LogP contribution in [-0.4, -0.2) is 19.6 Å². The number of rotatable bonds is 4. The summed E-state index contributed by atoms with van der Waals surface area (Å²) in [6.45, 7) is 5.66. The zero-order valence-electron chi connectivity index (χ0n) is 16.6. The fraction of sp³-hybridized carbons (Fsp3) is 0.300. The van der Waals surface area contributed by atoms with Crippen LogP contribution in [0.1, 0.15) is 29.8 Å². The molecule has 0 spiro atoms. The van der Waals surface area contributed by atoms with Gasteiger partial charge < -0.3 is 5.32 Å². The summed E-state index contributed by atoms with van der Waals surface area (Å²) in [6.07, 6.45) is 0. The van der Waals surface area contributed by atoms with Gasteiger partial charge in [0.1, 0.15) is 5.65 Å². The first kappa shape index (κ1) is 20.8. The lowest BCUT2D eigenvalue weighted by Gasteiger charge is -2.16. The molecule has 0 atom stereocenters. The molecule has 2 aromatic heterocycles. The first-order chi connectivity index (χ1) is 13.7. The first-order valence-corrected chi connectivity index (χ1v) is 9.95. The van der Waals surface area contributed by atoms with Crippen LogP contribution in [-0.2, 0) is 20.1 Å². The number of amides is 1. The molecule has 3 rings (SSSR count). The van der Waals surface area contributed by atoms with Crippen molar-refractivity contribution in [3.05, 3.63) is 71.1 Å². The summed E-state index contributed by atoms with van der Waals surface area (Å²) in [5.74, 6) is -0.584. The summed E-state index contributed by atoms with van der Waals surface area (Å²) >= 11 is 3.37. The number of nitrogens with one attached hydrogen (secondary N) is 1. The number of aryl methyl sites for hydroxylation is 3. The first-order valence-electron chi connectivity index (χ1n) is 9.16. The molecule has 1 N–H and O–H groups in total. The summed E-state index contributed by atoms with van der Waals surface area (Å²) in [5.41, 5.74) is -0.124. The van der Waals surface area contributed by atoms with Gasteiger partial charge in [-0.15, -0.1) is 0 Å². The molecule has 0 saturated heterocycles. The van der Waals surface area contributed by atoms with E-state index < -0.39 is 22.7 Å². The molecule has 9 heteroatoms. The van der Waals surface area contributed by atoms with Crippen LogP contribution >= 0.6 is 15.9 Å². The number of hydrogen-bond donors (Lipinski definition) is 1. The van der Waals surface area contributed by atoms with Gasteiger partial charge in [-0.25, -0.2) is 4.79 Å². The van der Waals surface area contributed by atoms with Gasteiger partial charge in [0.15, 0.2) is 0 Å². The Balaban J connectivity index is 2.34. The number of pyridine rings is 1. The predicted octanol–water partition coefficient (Wildman–Crippen LogP) is 2.22. The maximum Gasteiger partial charge on any atom is 0.332 e. The van der Waals surface area contributed by atoms with Crippen molar-refractivity contribution < 1.29 is 4.79 Å². The highest BCUT2D eigenvalue weighted by Gasteiger charge is 2.22. The molecule has 0 bridgehead atoms. The zero-order valence-corrected chi connectivity index (χ0v) is 18.2. The summed E-state index contributed by atoms with van der Waals surface area (Å²) in [4.78, 5) is 51.3. The third-order valence-corrected chi connectivity index (χ3v) is 5.38. The minimum Gasteiger partial charge on any atom is -0.322 e. The number of carbonyl (C=O) groups excluding carboxylic acids is 1. The van der Waals surface area contributed by atoms with E-state index in [0.29, 0.717) is 5.69 Å². The minimum absolute atomic E-state index is 0.0441. The van der Waals surface area contributed by atoms with Gasteiger partial charge in [-0.1, -0.05) is 15.9 Å². The van der Waals surface area contributed by atoms with Crippen molar-refractivity contribution in [1.82, 2.24) is 13.7 Å². The van der Waals surface area contributed by atoms with E-state index in [-0.39, 0.29) is 29.7 Å². The summed E-state index contributed by atoms with van der Waals surface area (Å²) in [5, 5.41) is 2.81. The van der Waals surface area contributed by atoms with Crippen molar-refractivity contribution in [1.29, 1.82) is 0 Å². The van der Waals surface area contributed by atoms with Gasteiger partial charge in [0.25, 0.3) is 17.0 Å². The van der Waals surface area contributed by atoms with E-state index in [1.807, 2.05) is 13.0 Å². The second kappa shape index (κ2) is 7.82. The predicted molar refractivity (Wildman–Crippen MR) is 116 cm³/mol. The maximum absolute atomic E-state index is 13.1. The van der Waals surface area contributed by atoms with Gasteiger partial charge in [-0.2, -0.15) is 0 Å². The van der Waals surface area contributed by atoms with Crippen LogP contribution in [0.15, 0.2) is 43.1 Å². The topological polar surface area (TPSA) is 95.1 Å². The van der Waals surface area contributed by atoms with Crippen molar-refractivity contribution in [2.45, 2.75) is 33.9 Å². The average Bonchev–Trinajstić information content (AvgIpc) is 2.67. The van der Waals surface area contributed by atoms with Crippen molar-refractivity contribution in [2.24, 2.45) is 7.05 Å². The highest BCUT2D eigenvalue weighted by atomic mass is 79.9. The highest BCUT2D eigenvalue weighted by molar-refractivity contribution is 9.10. The molecule has 0 radical (unpaired) electrons. The number of aromatic nitrogens is 3. The maximum atomic E-state index is 13.1. The monoisotopic (exact) mass is 460 g/mol. The lowest BCUT2D eigenvalue weighted by atomic mass is 10.1. The molecule has 0 aliphatic rings. The standard InChI is InChI=1S/C20H21BrN4O4/c1-5-24-15(26)10-13(17(27)22-14-8-7-12(21)9-11(14)3)16-18(24)23(4)20(29)25(6-2)19(16)28/h7-10H,5-6H2,1-4H3,(H,22,27). The Morgan fingerprint density at radius 3 is 2.31 bits per heavy atom. The number of halogens is 1. The van der Waals surface area contributed by atoms with Crippen LogP contribution in [0.2, 0.25) is 0 Å². The average molecular weight is 461 g/mol. The minimum atomic E-state index is -0.592. The van der Waals surface area contributed by atoms with Crippen molar-refractivity contribution >= 4 is 38.6 Å². The van der Waals surface area contributed by atoms with Crippen LogP contribution in [0, 0.1) is 6.92 Å². The molecule has 0 saturated carbocycles. The van der Waals surface area contributed by atoms with Crippen molar-refractivity contribution in [3.63, 3.8) is 0 Å². The Labute approximate surface area is 174 Å². The van der Waals surface area contributed by atoms with Gasteiger partial charge in [0, 0.05) is 36.4 Å². The molecule has 0 aliphatic carbocycles. The Morgan fingerprint density at radius 2 is 1.72 bits per heavy atom. The molecular formula is C20H21BrN4O4. The quantitative estimate of drug-likeness (QED) is 0.645. The smallest absolute Gasteiger partial charge is 0.322 e. The molecule has 2 heterocycles. The van der Waals surface area contributed by atoms with E-state index in [1.165, 1.54) is 16.2 Å². The summed E-state index contributed by atoms with van der Waals surface area (Å²) < 4.78 is 4.48. The number of anilines is 1. The summed E-state index contributed by atoms with van der Waals surface area (Å²) in [6, 6.07) is 6.51. The van der Waals surface area contributed by atoms with Crippen LogP contribution in [0.3, 0.4) is 0 Å². The van der Waals surface area contributed by atoms with Crippen LogP contribution in [0.5, 0.6) is 0 Å². The van der Waals surface area contributed by atoms with E-state index in [9.17, 15) is 19.2 Å². The molecule has 1 amide bonds. The molecule has 8 nitrogen and oxygen atoms in total. The number of fused-ring (bicyclic) bond motifs is 1. The van der Waals surface area contributed by atoms with E-state index in [2.05, 4.69) is 21.2 Å². The van der Waals surface area contributed by atoms with Crippen LogP contribution < -0.4 is 22.1 Å². The second-order valence-corrected chi connectivity index (χ2v) is 7.56. The van der Waals surface area contributed by atoms with Crippen molar-refractivity contribution in [3.8, 4) is 0 Å². The van der Waals surface area contributed by atoms with Crippen LogP contribution in [0.25, 0.3) is 11.0 Å². The molecular weight excluding hydrogens is 440 g/mol. The molecule has 0 fully saturated rings. The van der Waals surface area contributed by atoms with E-state index in [0.717, 1.165) is 20.7 Å². The highest BCUT2D eigenvalue weighted by Crippen LogP contribution is 2.21. The Morgan fingerprint density at radius 1 is 1.07 bits per heavy atom. The third kappa shape index (κ3) is 3.46. The zero-order chi connectivity index (χ0) is 21.5. The fourth-order valence-corrected chi connectivity index (χ4v) is 3.88. The molecule has 152 valence electrons. The molecule has 0 aliphatic heterocycles. The molecule has 29 heavy (non-hydrogen) atoms. The van der Waals surface area contributed by atoms with Gasteiger partial charge >= 0.3 is 5.69 Å². The number of benzene rings is 1. The van der Waals surface area contributed by atoms with Crippen LogP contribution in [0.4, 0.5) is 5.69 Å². The molecule has 0 unspecified atom stereocenters. The Kier molecular flexibility index (Phi) is 5.61. The molecule has 3 aromatic rings. The van der Waals surface area contributed by atoms with Gasteiger partial charge in [0.2, 0.25) is 0 Å². The van der Waals surface area contributed by atoms with E-state index >= 15 is 0 Å². The molecule has 1 aromatic carbocycles. The van der Waals surface area contributed by atoms with Gasteiger partial charge in [-0.05, 0) is 44.5 Å². The fourth-order valence-electron chi connectivity index (χ4n) is 3.41. The van der Waals surface area contributed by atoms with E-state index in [1.54, 1.807) is 26.0 Å². The third-order valence-electron chi connectivity index (χ3n) is 4.89. The van der Waals surface area contributed by atoms with Crippen molar-refractivity contribution in [2.75, 3.05) is 5.32 Å². The van der Waals surface area contributed by atoms with Gasteiger partial charge in [-0.3, -0.25) is 28.1 Å². The second-order valence-electron chi connectivity index (χ2n) is 6.64. The Bertz CT molecular complexity index is 1320. The van der Waals surface area contributed by atoms with Gasteiger partial charge in [0.05, 0.1) is 10.9 Å². The lowest BCUT2D eigenvalue weighted by Crippen LogP contribution is -2.42. The SMILES string of the molecule is CCn1c(=O)c2c(C(=O)Nc3ccc(Br)cc3C)cc(=O)n(CC)c2n(C)c1=O. The normalized spacial score (nSPS) is 11.1. The number of nitrogens with zero attached hydrogens (tertiary/aromatic N) is 3.